The molecule has 2 heterocycles. The highest BCUT2D eigenvalue weighted by Crippen LogP contribution is 2.21. The number of hydrogen-bond donors (Lipinski definition) is 1. The lowest BCUT2D eigenvalue weighted by molar-refractivity contribution is 0.0957. The molecule has 0 atom stereocenters. The van der Waals surface area contributed by atoms with E-state index in [0.29, 0.717) is 11.4 Å². The number of benzene rings is 2. The zero-order valence-corrected chi connectivity index (χ0v) is 17.0. The molecule has 4 rings (SSSR count). The molecule has 0 aliphatic rings. The van der Waals surface area contributed by atoms with Crippen LogP contribution >= 0.6 is 11.3 Å². The molecule has 0 aliphatic carbocycles. The molecule has 0 fully saturated rings. The summed E-state index contributed by atoms with van der Waals surface area (Å²) in [6.07, 6.45) is 5.21. The second kappa shape index (κ2) is 8.84. The zero-order chi connectivity index (χ0) is 20.1. The third-order valence-corrected chi connectivity index (χ3v) is 5.81. The lowest BCUT2D eigenvalue weighted by atomic mass is 10.1. The minimum atomic E-state index is -0.0486. The van der Waals surface area contributed by atoms with E-state index in [1.54, 1.807) is 6.20 Å². The van der Waals surface area contributed by atoms with E-state index >= 15 is 0 Å². The number of rotatable bonds is 7. The molecule has 146 valence electrons. The van der Waals surface area contributed by atoms with Crippen molar-refractivity contribution < 1.29 is 4.79 Å². The number of carbonyl (C=O) groups excluding carboxylic acids is 1. The predicted octanol–water partition coefficient (Wildman–Crippen LogP) is 4.20. The van der Waals surface area contributed by atoms with Gasteiger partial charge in [0.15, 0.2) is 0 Å². The molecule has 0 saturated carbocycles. The molecule has 29 heavy (non-hydrogen) atoms. The van der Waals surface area contributed by atoms with Gasteiger partial charge in [0, 0.05) is 25.4 Å². The summed E-state index contributed by atoms with van der Waals surface area (Å²) in [6.45, 7) is 2.49. The van der Waals surface area contributed by atoms with Gasteiger partial charge in [-0.3, -0.25) is 4.79 Å². The molecule has 4 aromatic rings. The van der Waals surface area contributed by atoms with Gasteiger partial charge in [0.05, 0.1) is 16.4 Å². The summed E-state index contributed by atoms with van der Waals surface area (Å²) in [5.74, 6) is -0.0486. The lowest BCUT2D eigenvalue weighted by Gasteiger charge is -2.06. The molecule has 2 aromatic heterocycles. The van der Waals surface area contributed by atoms with E-state index in [2.05, 4.69) is 39.7 Å². The SMILES string of the molecule is Cc1nc(Cc2ccccc2)sc1C(=O)NCCc1ccc(-n2cccn2)cc1. The van der Waals surface area contributed by atoms with Crippen LogP contribution in [0.25, 0.3) is 5.69 Å². The van der Waals surface area contributed by atoms with Gasteiger partial charge in [-0.15, -0.1) is 11.3 Å². The Balaban J connectivity index is 1.32. The molecule has 2 aromatic carbocycles. The fourth-order valence-corrected chi connectivity index (χ4v) is 4.16. The van der Waals surface area contributed by atoms with Gasteiger partial charge in [0.1, 0.15) is 4.88 Å². The molecule has 0 aliphatic heterocycles. The quantitative estimate of drug-likeness (QED) is 0.504. The molecule has 1 N–H and O–H groups in total. The fourth-order valence-electron chi connectivity index (χ4n) is 3.15. The number of thiazole rings is 1. The first-order valence-electron chi connectivity index (χ1n) is 9.56. The highest BCUT2D eigenvalue weighted by atomic mass is 32.1. The highest BCUT2D eigenvalue weighted by molar-refractivity contribution is 7.13. The summed E-state index contributed by atoms with van der Waals surface area (Å²) in [7, 11) is 0. The van der Waals surface area contributed by atoms with E-state index in [4.69, 9.17) is 0 Å². The minimum absolute atomic E-state index is 0.0486. The van der Waals surface area contributed by atoms with Crippen LogP contribution in [0.5, 0.6) is 0 Å². The van der Waals surface area contributed by atoms with E-state index < -0.39 is 0 Å². The normalized spacial score (nSPS) is 10.8. The van der Waals surface area contributed by atoms with E-state index in [0.717, 1.165) is 29.2 Å². The van der Waals surface area contributed by atoms with Crippen LogP contribution in [0.3, 0.4) is 0 Å². The number of carbonyl (C=O) groups is 1. The molecular formula is C23H22N4OS. The Morgan fingerprint density at radius 3 is 2.55 bits per heavy atom. The van der Waals surface area contributed by atoms with Gasteiger partial charge in [-0.05, 0) is 42.7 Å². The molecule has 6 heteroatoms. The van der Waals surface area contributed by atoms with Gasteiger partial charge in [0.25, 0.3) is 5.91 Å². The Labute approximate surface area is 174 Å². The number of amides is 1. The summed E-state index contributed by atoms with van der Waals surface area (Å²) in [5.41, 5.74) is 4.19. The van der Waals surface area contributed by atoms with Gasteiger partial charge in [0.2, 0.25) is 0 Å². The highest BCUT2D eigenvalue weighted by Gasteiger charge is 2.15. The molecule has 0 unspecified atom stereocenters. The van der Waals surface area contributed by atoms with Crippen molar-refractivity contribution in [3.05, 3.63) is 99.8 Å². The Morgan fingerprint density at radius 1 is 1.03 bits per heavy atom. The number of nitrogens with one attached hydrogen (secondary N) is 1. The van der Waals surface area contributed by atoms with Crippen molar-refractivity contribution in [3.63, 3.8) is 0 Å². The first kappa shape index (κ1) is 19.1. The standard InChI is InChI=1S/C23H22N4OS/c1-17-22(29-21(26-17)16-19-6-3-2-4-7-19)23(28)24-14-12-18-8-10-20(11-9-18)27-15-5-13-25-27/h2-11,13,15H,12,14,16H2,1H3,(H,24,28). The Morgan fingerprint density at radius 2 is 1.83 bits per heavy atom. The van der Waals surface area contributed by atoms with Crippen LogP contribution in [0.4, 0.5) is 0 Å². The van der Waals surface area contributed by atoms with Gasteiger partial charge in [-0.25, -0.2) is 9.67 Å². The van der Waals surface area contributed by atoms with Gasteiger partial charge < -0.3 is 5.32 Å². The second-order valence-corrected chi connectivity index (χ2v) is 7.89. The molecule has 1 amide bonds. The van der Waals surface area contributed by atoms with Crippen molar-refractivity contribution in [1.82, 2.24) is 20.1 Å². The van der Waals surface area contributed by atoms with Crippen LogP contribution in [-0.2, 0) is 12.8 Å². The third-order valence-electron chi connectivity index (χ3n) is 4.65. The Hall–Kier alpha value is -3.25. The van der Waals surface area contributed by atoms with E-state index in [-0.39, 0.29) is 5.91 Å². The average Bonchev–Trinajstić information content (AvgIpc) is 3.39. The monoisotopic (exact) mass is 402 g/mol. The van der Waals surface area contributed by atoms with Crippen molar-refractivity contribution in [1.29, 1.82) is 0 Å². The maximum atomic E-state index is 12.6. The van der Waals surface area contributed by atoms with Crippen molar-refractivity contribution in [3.8, 4) is 5.69 Å². The minimum Gasteiger partial charge on any atom is -0.351 e. The summed E-state index contributed by atoms with van der Waals surface area (Å²) >= 11 is 1.48. The Kier molecular flexibility index (Phi) is 5.81. The molecule has 0 radical (unpaired) electrons. The van der Waals surface area contributed by atoms with Crippen LogP contribution in [0.1, 0.15) is 31.5 Å². The number of hydrogen-bond acceptors (Lipinski definition) is 4. The Bertz CT molecular complexity index is 1070. The number of aryl methyl sites for hydroxylation is 1. The van der Waals surface area contributed by atoms with Gasteiger partial charge in [-0.1, -0.05) is 42.5 Å². The largest absolute Gasteiger partial charge is 0.351 e. The zero-order valence-electron chi connectivity index (χ0n) is 16.2. The van der Waals surface area contributed by atoms with Crippen molar-refractivity contribution in [2.75, 3.05) is 6.54 Å². The van der Waals surface area contributed by atoms with Crippen molar-refractivity contribution in [2.45, 2.75) is 19.8 Å². The lowest BCUT2D eigenvalue weighted by Crippen LogP contribution is -2.25. The first-order valence-corrected chi connectivity index (χ1v) is 10.4. The van der Waals surface area contributed by atoms with Crippen LogP contribution in [-0.4, -0.2) is 27.2 Å². The second-order valence-electron chi connectivity index (χ2n) is 6.81. The maximum absolute atomic E-state index is 12.6. The van der Waals surface area contributed by atoms with Crippen molar-refractivity contribution in [2.24, 2.45) is 0 Å². The van der Waals surface area contributed by atoms with Crippen LogP contribution in [0.2, 0.25) is 0 Å². The molecular weight excluding hydrogens is 380 g/mol. The molecule has 0 spiro atoms. The smallest absolute Gasteiger partial charge is 0.263 e. The maximum Gasteiger partial charge on any atom is 0.263 e. The van der Waals surface area contributed by atoms with Crippen LogP contribution < -0.4 is 5.32 Å². The van der Waals surface area contributed by atoms with Crippen molar-refractivity contribution >= 4 is 17.2 Å². The van der Waals surface area contributed by atoms with Crippen LogP contribution in [0.15, 0.2) is 73.1 Å². The van der Waals surface area contributed by atoms with E-state index in [1.807, 2.05) is 54.2 Å². The third kappa shape index (κ3) is 4.78. The topological polar surface area (TPSA) is 59.8 Å². The van der Waals surface area contributed by atoms with Gasteiger partial charge in [-0.2, -0.15) is 5.10 Å². The van der Waals surface area contributed by atoms with E-state index in [1.165, 1.54) is 22.5 Å². The van der Waals surface area contributed by atoms with Crippen LogP contribution in [0, 0.1) is 6.92 Å². The molecule has 0 bridgehead atoms. The summed E-state index contributed by atoms with van der Waals surface area (Å²) in [5, 5.41) is 8.21. The number of aromatic nitrogens is 3. The predicted molar refractivity (Wildman–Crippen MR) is 116 cm³/mol. The fraction of sp³-hybridized carbons (Fsp3) is 0.174. The molecule has 0 saturated heterocycles. The summed E-state index contributed by atoms with van der Waals surface area (Å²) in [4.78, 5) is 17.9. The molecule has 5 nitrogen and oxygen atoms in total. The summed E-state index contributed by atoms with van der Waals surface area (Å²) in [6, 6.07) is 20.3. The first-order chi connectivity index (χ1) is 14.2. The average molecular weight is 403 g/mol. The number of nitrogens with zero attached hydrogens (tertiary/aromatic N) is 3. The summed E-state index contributed by atoms with van der Waals surface area (Å²) < 4.78 is 1.82. The van der Waals surface area contributed by atoms with E-state index in [9.17, 15) is 4.79 Å². The van der Waals surface area contributed by atoms with Gasteiger partial charge >= 0.3 is 0 Å².